The van der Waals surface area contributed by atoms with E-state index in [1.165, 1.54) is 0 Å². The van der Waals surface area contributed by atoms with Crippen LogP contribution in [-0.4, -0.2) is 73.0 Å². The van der Waals surface area contributed by atoms with Gasteiger partial charge in [0, 0.05) is 0 Å². The number of alkyl carbamates (subject to hydrolysis) is 2. The van der Waals surface area contributed by atoms with Crippen LogP contribution in [0.5, 0.6) is 11.5 Å². The monoisotopic (exact) mass is 562 g/mol. The minimum absolute atomic E-state index is 0.265. The summed E-state index contributed by atoms with van der Waals surface area (Å²) in [5.74, 6) is 1.22. The second-order valence-corrected chi connectivity index (χ2v) is 10.6. The fourth-order valence-corrected chi connectivity index (χ4v) is 2.91. The van der Waals surface area contributed by atoms with Crippen LogP contribution < -0.4 is 20.1 Å². The third kappa shape index (κ3) is 15.7. The maximum absolute atomic E-state index is 11.7. The molecule has 0 atom stereocenters. The van der Waals surface area contributed by atoms with Crippen molar-refractivity contribution >= 4 is 12.2 Å². The number of ether oxygens (including phenoxy) is 6. The van der Waals surface area contributed by atoms with E-state index in [1.54, 1.807) is 36.7 Å². The highest BCUT2D eigenvalue weighted by Gasteiger charge is 2.16. The zero-order valence-corrected chi connectivity index (χ0v) is 24.3. The maximum Gasteiger partial charge on any atom is 0.407 e. The fourth-order valence-electron chi connectivity index (χ4n) is 2.91. The summed E-state index contributed by atoms with van der Waals surface area (Å²) in [6.07, 6.45) is 2.22. The first-order valence-corrected chi connectivity index (χ1v) is 13.1. The molecule has 2 N–H and O–H groups in total. The second kappa shape index (κ2) is 16.5. The zero-order chi connectivity index (χ0) is 29.4. The van der Waals surface area contributed by atoms with Crippen molar-refractivity contribution in [2.24, 2.45) is 0 Å². The van der Waals surface area contributed by atoms with Crippen LogP contribution in [0.3, 0.4) is 0 Å². The van der Waals surface area contributed by atoms with Crippen LogP contribution in [0.1, 0.15) is 52.9 Å². The van der Waals surface area contributed by atoms with E-state index in [1.807, 2.05) is 41.5 Å². The molecule has 12 nitrogen and oxygen atoms in total. The Labute approximate surface area is 236 Å². The Kier molecular flexibility index (Phi) is 13.4. The number of carbonyl (C=O) groups excluding carboxylic acids is 2. The molecule has 0 aliphatic heterocycles. The number of aromatic nitrogens is 2. The predicted molar refractivity (Wildman–Crippen MR) is 147 cm³/mol. The van der Waals surface area contributed by atoms with Gasteiger partial charge in [-0.25, -0.2) is 9.59 Å². The van der Waals surface area contributed by atoms with Crippen molar-refractivity contribution in [3.05, 3.63) is 48.0 Å². The molecule has 2 rings (SSSR count). The molecule has 0 aromatic carbocycles. The largest absolute Gasteiger partial charge is 0.490 e. The first-order chi connectivity index (χ1) is 18.9. The molecular formula is C28H42N4O8. The summed E-state index contributed by atoms with van der Waals surface area (Å²) in [7, 11) is 0. The minimum atomic E-state index is -0.546. The highest BCUT2D eigenvalue weighted by molar-refractivity contribution is 5.68. The molecule has 40 heavy (non-hydrogen) atoms. The van der Waals surface area contributed by atoms with Gasteiger partial charge in [-0.15, -0.1) is 0 Å². The third-order valence-electron chi connectivity index (χ3n) is 4.59. The number of carbonyl (C=O) groups is 2. The van der Waals surface area contributed by atoms with E-state index >= 15 is 0 Å². The molecule has 0 saturated heterocycles. The van der Waals surface area contributed by atoms with Gasteiger partial charge in [0.2, 0.25) is 0 Å². The summed E-state index contributed by atoms with van der Waals surface area (Å²) in [5.41, 5.74) is 0.291. The second-order valence-electron chi connectivity index (χ2n) is 10.6. The molecular weight excluding hydrogens is 520 g/mol. The quantitative estimate of drug-likeness (QED) is 0.306. The number of nitrogens with one attached hydrogen (secondary N) is 2. The number of hydrogen-bond donors (Lipinski definition) is 2. The van der Waals surface area contributed by atoms with Gasteiger partial charge in [-0.3, -0.25) is 9.97 Å². The van der Waals surface area contributed by atoms with Crippen molar-refractivity contribution in [2.45, 2.75) is 65.8 Å². The molecule has 2 amide bonds. The molecule has 0 spiro atoms. The Balaban J connectivity index is 1.46. The van der Waals surface area contributed by atoms with Gasteiger partial charge in [-0.1, -0.05) is 0 Å². The minimum Gasteiger partial charge on any atom is -0.490 e. The van der Waals surface area contributed by atoms with Crippen LogP contribution in [0.15, 0.2) is 36.7 Å². The number of rotatable bonds is 15. The van der Waals surface area contributed by atoms with Crippen LogP contribution in [0.25, 0.3) is 0 Å². The molecule has 2 aromatic heterocycles. The Morgan fingerprint density at radius 3 is 1.32 bits per heavy atom. The third-order valence-corrected chi connectivity index (χ3v) is 4.59. The van der Waals surface area contributed by atoms with E-state index in [0.717, 1.165) is 0 Å². The molecule has 0 aliphatic carbocycles. The normalized spacial score (nSPS) is 11.4. The van der Waals surface area contributed by atoms with E-state index in [-0.39, 0.29) is 13.1 Å². The summed E-state index contributed by atoms with van der Waals surface area (Å²) in [6, 6.07) is 7.12. The van der Waals surface area contributed by atoms with Gasteiger partial charge in [0.1, 0.15) is 35.9 Å². The van der Waals surface area contributed by atoms with Crippen LogP contribution >= 0.6 is 0 Å². The zero-order valence-electron chi connectivity index (χ0n) is 24.3. The number of hydrogen-bond acceptors (Lipinski definition) is 10. The van der Waals surface area contributed by atoms with Gasteiger partial charge in [-0.05, 0) is 65.8 Å². The van der Waals surface area contributed by atoms with Gasteiger partial charge in [0.25, 0.3) is 0 Å². The molecule has 0 fully saturated rings. The Bertz CT molecular complexity index is 935. The summed E-state index contributed by atoms with van der Waals surface area (Å²) in [6.45, 7) is 13.8. The number of pyridine rings is 2. The highest BCUT2D eigenvalue weighted by atomic mass is 16.6. The average Bonchev–Trinajstić information content (AvgIpc) is 2.87. The Morgan fingerprint density at radius 2 is 1.00 bits per heavy atom. The molecule has 2 aromatic rings. The first kappa shape index (κ1) is 32.6. The SMILES string of the molecule is CC(C)(C)OC(=O)NCc1ccc(OCCOCCOCCOc2ccc(CNC(=O)OC(C)(C)C)nc2)cn1. The summed E-state index contributed by atoms with van der Waals surface area (Å²) in [4.78, 5) is 31.9. The fraction of sp³-hybridized carbons (Fsp3) is 0.571. The smallest absolute Gasteiger partial charge is 0.407 e. The van der Waals surface area contributed by atoms with Gasteiger partial charge >= 0.3 is 12.2 Å². The average molecular weight is 563 g/mol. The Morgan fingerprint density at radius 1 is 0.625 bits per heavy atom. The molecule has 12 heteroatoms. The molecule has 0 aliphatic rings. The Hall–Kier alpha value is -3.64. The van der Waals surface area contributed by atoms with E-state index < -0.39 is 23.4 Å². The van der Waals surface area contributed by atoms with Crippen LogP contribution in [0.4, 0.5) is 9.59 Å². The van der Waals surface area contributed by atoms with E-state index in [9.17, 15) is 9.59 Å². The molecule has 0 saturated carbocycles. The van der Waals surface area contributed by atoms with Crippen molar-refractivity contribution < 1.29 is 38.0 Å². The van der Waals surface area contributed by atoms with E-state index in [0.29, 0.717) is 62.5 Å². The van der Waals surface area contributed by atoms with E-state index in [4.69, 9.17) is 28.4 Å². The summed E-state index contributed by atoms with van der Waals surface area (Å²) < 4.78 is 32.6. The van der Waals surface area contributed by atoms with Crippen molar-refractivity contribution in [3.8, 4) is 11.5 Å². The predicted octanol–water partition coefficient (Wildman–Crippen LogP) is 4.02. The summed E-state index contributed by atoms with van der Waals surface area (Å²) in [5, 5.41) is 5.32. The van der Waals surface area contributed by atoms with E-state index in [2.05, 4.69) is 20.6 Å². The van der Waals surface area contributed by atoms with Crippen LogP contribution in [0.2, 0.25) is 0 Å². The molecule has 0 radical (unpaired) electrons. The van der Waals surface area contributed by atoms with Crippen molar-refractivity contribution in [3.63, 3.8) is 0 Å². The molecule has 0 bridgehead atoms. The standard InChI is InChI=1S/C28H42N4O8/c1-27(2,3)39-25(33)31-17-21-7-9-23(19-29-21)37-15-13-35-11-12-36-14-16-38-24-10-8-22(30-20-24)18-32-26(34)40-28(4,5)6/h7-10,19-20H,11-18H2,1-6H3,(H,31,33)(H,32,34). The lowest BCUT2D eigenvalue weighted by Gasteiger charge is -2.19. The molecule has 0 unspecified atom stereocenters. The van der Waals surface area contributed by atoms with Gasteiger partial charge in [0.05, 0.1) is 63.3 Å². The van der Waals surface area contributed by atoms with Gasteiger partial charge in [0.15, 0.2) is 0 Å². The lowest BCUT2D eigenvalue weighted by molar-refractivity contribution is 0.0273. The number of nitrogens with zero attached hydrogens (tertiary/aromatic N) is 2. The maximum atomic E-state index is 11.7. The highest BCUT2D eigenvalue weighted by Crippen LogP contribution is 2.11. The van der Waals surface area contributed by atoms with Crippen molar-refractivity contribution in [1.29, 1.82) is 0 Å². The topological polar surface area (TPSA) is 139 Å². The van der Waals surface area contributed by atoms with Crippen LogP contribution in [-0.2, 0) is 32.0 Å². The number of amides is 2. The lowest BCUT2D eigenvalue weighted by Crippen LogP contribution is -2.32. The van der Waals surface area contributed by atoms with Gasteiger partial charge in [-0.2, -0.15) is 0 Å². The van der Waals surface area contributed by atoms with Gasteiger partial charge < -0.3 is 39.1 Å². The van der Waals surface area contributed by atoms with Crippen molar-refractivity contribution in [1.82, 2.24) is 20.6 Å². The van der Waals surface area contributed by atoms with Crippen LogP contribution in [0, 0.1) is 0 Å². The lowest BCUT2D eigenvalue weighted by atomic mass is 10.2. The summed E-state index contributed by atoms with van der Waals surface area (Å²) >= 11 is 0. The van der Waals surface area contributed by atoms with Crippen molar-refractivity contribution in [2.75, 3.05) is 39.6 Å². The molecule has 222 valence electrons. The molecule has 2 heterocycles. The first-order valence-electron chi connectivity index (χ1n) is 13.1.